The Balaban J connectivity index is 4.13. The number of carbonyl (C=O) groups excluding carboxylic acids is 2. The number of aliphatic carboxylic acids is 1. The van der Waals surface area contributed by atoms with Gasteiger partial charge in [0.25, 0.3) is 0 Å². The number of hydrogen-bond acceptors (Lipinski definition) is 5. The highest BCUT2D eigenvalue weighted by Gasteiger charge is 2.24. The molecule has 1 unspecified atom stereocenters. The van der Waals surface area contributed by atoms with Crippen molar-refractivity contribution in [1.29, 1.82) is 0 Å². The summed E-state index contributed by atoms with van der Waals surface area (Å²) >= 11 is 0.979. The lowest BCUT2D eigenvalue weighted by Gasteiger charge is -2.19. The zero-order valence-electron chi connectivity index (χ0n) is 10.1. The summed E-state index contributed by atoms with van der Waals surface area (Å²) in [5.74, 6) is -2.08. The van der Waals surface area contributed by atoms with Crippen molar-refractivity contribution in [3.63, 3.8) is 0 Å². The van der Waals surface area contributed by atoms with E-state index in [1.807, 2.05) is 0 Å². The molecular formula is C10H17NO5S. The van der Waals surface area contributed by atoms with Crippen molar-refractivity contribution in [3.05, 3.63) is 0 Å². The van der Waals surface area contributed by atoms with Gasteiger partial charge >= 0.3 is 11.9 Å². The van der Waals surface area contributed by atoms with Crippen LogP contribution in [0.2, 0.25) is 0 Å². The Bertz CT molecular complexity index is 292. The summed E-state index contributed by atoms with van der Waals surface area (Å²) in [4.78, 5) is 33.0. The predicted molar refractivity (Wildman–Crippen MR) is 63.7 cm³/mol. The van der Waals surface area contributed by atoms with Crippen LogP contribution in [0.3, 0.4) is 0 Å². The maximum absolute atomic E-state index is 11.4. The topological polar surface area (TPSA) is 92.7 Å². The first-order valence-electron chi connectivity index (χ1n) is 5.05. The van der Waals surface area contributed by atoms with Crippen LogP contribution >= 0.6 is 11.8 Å². The van der Waals surface area contributed by atoms with Crippen LogP contribution in [0.1, 0.15) is 13.8 Å². The van der Waals surface area contributed by atoms with Crippen molar-refractivity contribution in [2.45, 2.75) is 19.9 Å². The molecule has 1 amide bonds. The van der Waals surface area contributed by atoms with E-state index in [0.29, 0.717) is 0 Å². The molecule has 0 bridgehead atoms. The first kappa shape index (κ1) is 15.8. The van der Waals surface area contributed by atoms with E-state index in [0.717, 1.165) is 11.8 Å². The number of thioether (sulfide) groups is 1. The Kier molecular flexibility index (Phi) is 7.36. The first-order chi connectivity index (χ1) is 7.88. The van der Waals surface area contributed by atoms with Crippen molar-refractivity contribution < 1.29 is 24.2 Å². The van der Waals surface area contributed by atoms with Crippen LogP contribution < -0.4 is 5.32 Å². The van der Waals surface area contributed by atoms with Crippen LogP contribution in [-0.4, -0.2) is 47.6 Å². The van der Waals surface area contributed by atoms with Gasteiger partial charge in [-0.25, -0.2) is 4.79 Å². The quantitative estimate of drug-likeness (QED) is 0.634. The Morgan fingerprint density at radius 2 is 1.88 bits per heavy atom. The third kappa shape index (κ3) is 6.83. The Morgan fingerprint density at radius 3 is 2.29 bits per heavy atom. The molecule has 17 heavy (non-hydrogen) atoms. The number of carbonyl (C=O) groups is 3. The summed E-state index contributed by atoms with van der Waals surface area (Å²) < 4.78 is 4.56. The molecule has 1 atom stereocenters. The highest BCUT2D eigenvalue weighted by atomic mass is 32.2. The smallest absolute Gasteiger partial charge is 0.328 e. The average Bonchev–Trinajstić information content (AvgIpc) is 2.24. The minimum atomic E-state index is -0.976. The summed E-state index contributed by atoms with van der Waals surface area (Å²) in [6, 6.07) is -0.696. The Hall–Kier alpha value is -1.24. The molecule has 0 heterocycles. The average molecular weight is 263 g/mol. The van der Waals surface area contributed by atoms with Crippen LogP contribution in [0.5, 0.6) is 0 Å². The number of rotatable bonds is 7. The normalized spacial score (nSPS) is 12.0. The fourth-order valence-corrected chi connectivity index (χ4v) is 1.62. The SMILES string of the molecule is COC(=O)C(NC(=O)CSCC(=O)O)C(C)C. The number of ether oxygens (including phenoxy) is 1. The standard InChI is InChI=1S/C10H17NO5S/c1-6(2)9(10(15)16-3)11-7(12)4-17-5-8(13)14/h6,9H,4-5H2,1-3H3,(H,11,12)(H,13,14). The summed E-state index contributed by atoms with van der Waals surface area (Å²) in [6.07, 6.45) is 0. The molecule has 0 spiro atoms. The summed E-state index contributed by atoms with van der Waals surface area (Å²) in [5.41, 5.74) is 0. The van der Waals surface area contributed by atoms with Gasteiger partial charge in [0.2, 0.25) is 5.91 Å². The number of methoxy groups -OCH3 is 1. The zero-order chi connectivity index (χ0) is 13.4. The van der Waals surface area contributed by atoms with Gasteiger partial charge in [0, 0.05) is 0 Å². The number of esters is 1. The van der Waals surface area contributed by atoms with Crippen LogP contribution in [0.25, 0.3) is 0 Å². The van der Waals surface area contributed by atoms with E-state index in [-0.39, 0.29) is 23.3 Å². The number of carboxylic acids is 1. The van der Waals surface area contributed by atoms with Crippen molar-refractivity contribution in [1.82, 2.24) is 5.32 Å². The van der Waals surface area contributed by atoms with Gasteiger partial charge in [-0.1, -0.05) is 13.8 Å². The van der Waals surface area contributed by atoms with Crippen LogP contribution in [-0.2, 0) is 19.1 Å². The van der Waals surface area contributed by atoms with E-state index in [2.05, 4.69) is 10.1 Å². The fourth-order valence-electron chi connectivity index (χ4n) is 1.07. The summed E-state index contributed by atoms with van der Waals surface area (Å²) in [7, 11) is 1.25. The molecule has 0 aliphatic heterocycles. The van der Waals surface area contributed by atoms with Gasteiger partial charge in [-0.3, -0.25) is 9.59 Å². The second-order valence-corrected chi connectivity index (χ2v) is 4.68. The number of hydrogen-bond donors (Lipinski definition) is 2. The molecule has 7 heteroatoms. The lowest BCUT2D eigenvalue weighted by atomic mass is 10.1. The molecule has 6 nitrogen and oxygen atoms in total. The predicted octanol–water partition coefficient (Wildman–Crippen LogP) is 0.118. The van der Waals surface area contributed by atoms with E-state index in [1.54, 1.807) is 13.8 Å². The second kappa shape index (κ2) is 7.94. The third-order valence-corrected chi connectivity index (χ3v) is 2.81. The van der Waals surface area contributed by atoms with Crippen molar-refractivity contribution in [2.24, 2.45) is 5.92 Å². The van der Waals surface area contributed by atoms with Gasteiger partial charge in [-0.2, -0.15) is 0 Å². The zero-order valence-corrected chi connectivity index (χ0v) is 10.9. The van der Waals surface area contributed by atoms with Crippen LogP contribution in [0, 0.1) is 5.92 Å². The van der Waals surface area contributed by atoms with E-state index in [1.165, 1.54) is 7.11 Å². The van der Waals surface area contributed by atoms with Crippen LogP contribution in [0.15, 0.2) is 0 Å². The van der Waals surface area contributed by atoms with Gasteiger partial charge in [0.1, 0.15) is 6.04 Å². The molecule has 0 saturated carbocycles. The van der Waals surface area contributed by atoms with E-state index in [9.17, 15) is 14.4 Å². The Labute approximate surface area is 104 Å². The summed E-state index contributed by atoms with van der Waals surface area (Å²) in [6.45, 7) is 3.57. The molecule has 0 aliphatic carbocycles. The lowest BCUT2D eigenvalue weighted by Crippen LogP contribution is -2.45. The minimum absolute atomic E-state index is 0.00646. The molecule has 98 valence electrons. The van der Waals surface area contributed by atoms with Gasteiger partial charge in [-0.05, 0) is 5.92 Å². The Morgan fingerprint density at radius 1 is 1.29 bits per heavy atom. The molecule has 0 fully saturated rings. The maximum Gasteiger partial charge on any atom is 0.328 e. The van der Waals surface area contributed by atoms with Gasteiger partial charge in [0.05, 0.1) is 18.6 Å². The minimum Gasteiger partial charge on any atom is -0.481 e. The highest BCUT2D eigenvalue weighted by molar-refractivity contribution is 8.00. The van der Waals surface area contributed by atoms with E-state index in [4.69, 9.17) is 5.11 Å². The molecule has 0 aliphatic rings. The van der Waals surface area contributed by atoms with Gasteiger partial charge < -0.3 is 15.2 Å². The number of nitrogens with one attached hydrogen (secondary N) is 1. The largest absolute Gasteiger partial charge is 0.481 e. The fraction of sp³-hybridized carbons (Fsp3) is 0.700. The number of carboxylic acid groups (broad SMARTS) is 1. The molecule has 0 aromatic rings. The van der Waals surface area contributed by atoms with Gasteiger partial charge in [-0.15, -0.1) is 11.8 Å². The van der Waals surface area contributed by atoms with E-state index < -0.39 is 18.0 Å². The van der Waals surface area contributed by atoms with E-state index >= 15 is 0 Å². The molecule has 0 aromatic carbocycles. The van der Waals surface area contributed by atoms with Crippen molar-refractivity contribution in [3.8, 4) is 0 Å². The lowest BCUT2D eigenvalue weighted by molar-refractivity contribution is -0.146. The second-order valence-electron chi connectivity index (χ2n) is 3.70. The molecule has 0 rings (SSSR count). The third-order valence-electron chi connectivity index (χ3n) is 1.90. The maximum atomic E-state index is 11.4. The monoisotopic (exact) mass is 263 g/mol. The molecule has 0 aromatic heterocycles. The van der Waals surface area contributed by atoms with Crippen molar-refractivity contribution in [2.75, 3.05) is 18.6 Å². The summed E-state index contributed by atoms with van der Waals surface area (Å²) in [5, 5.41) is 10.9. The molecule has 0 saturated heterocycles. The first-order valence-corrected chi connectivity index (χ1v) is 6.20. The van der Waals surface area contributed by atoms with Crippen molar-refractivity contribution >= 4 is 29.6 Å². The molecule has 2 N–H and O–H groups in total. The molecule has 0 radical (unpaired) electrons. The van der Waals surface area contributed by atoms with Crippen LogP contribution in [0.4, 0.5) is 0 Å². The number of amides is 1. The molecular weight excluding hydrogens is 246 g/mol. The van der Waals surface area contributed by atoms with Gasteiger partial charge in [0.15, 0.2) is 0 Å². The highest BCUT2D eigenvalue weighted by Crippen LogP contribution is 2.05.